The van der Waals surface area contributed by atoms with Gasteiger partial charge >= 0.3 is 0 Å². The monoisotopic (exact) mass is 110 g/mol. The molecule has 0 saturated carbocycles. The van der Waals surface area contributed by atoms with E-state index in [4.69, 9.17) is 0 Å². The van der Waals surface area contributed by atoms with Gasteiger partial charge in [-0.05, 0) is 18.4 Å². The van der Waals surface area contributed by atoms with E-state index < -0.39 is 0 Å². The molecule has 44 valence electrons. The smallest absolute Gasteiger partial charge is 0.145 e. The molecule has 0 aromatic rings. The van der Waals surface area contributed by atoms with Crippen LogP contribution in [0.3, 0.4) is 0 Å². The molecule has 8 heavy (non-hydrogen) atoms. The van der Waals surface area contributed by atoms with Crippen LogP contribution in [0.2, 0.25) is 0 Å². The quantitative estimate of drug-likeness (QED) is 0.306. The van der Waals surface area contributed by atoms with Gasteiger partial charge in [0.05, 0.1) is 0 Å². The van der Waals surface area contributed by atoms with Crippen LogP contribution in [0.4, 0.5) is 0 Å². The molecule has 0 aliphatic rings. The Morgan fingerprint density at radius 3 is 2.62 bits per heavy atom. The minimum absolute atomic E-state index is 0.643. The summed E-state index contributed by atoms with van der Waals surface area (Å²) in [5, 5.41) is 0. The van der Waals surface area contributed by atoms with E-state index in [-0.39, 0.29) is 0 Å². The van der Waals surface area contributed by atoms with Gasteiger partial charge in [0.1, 0.15) is 6.29 Å². The maximum atomic E-state index is 9.88. The number of allylic oxidation sites excluding steroid dienone is 2. The van der Waals surface area contributed by atoms with Crippen molar-refractivity contribution in [1.29, 1.82) is 0 Å². The molecule has 0 N–H and O–H groups in total. The molecular weight excluding hydrogens is 100 g/mol. The van der Waals surface area contributed by atoms with E-state index in [2.05, 4.69) is 13.2 Å². The van der Waals surface area contributed by atoms with Gasteiger partial charge in [0.15, 0.2) is 0 Å². The van der Waals surface area contributed by atoms with E-state index in [9.17, 15) is 4.79 Å². The first-order valence-electron chi connectivity index (χ1n) is 2.55. The van der Waals surface area contributed by atoms with Crippen LogP contribution in [-0.4, -0.2) is 6.29 Å². The van der Waals surface area contributed by atoms with Crippen LogP contribution in [-0.2, 0) is 4.79 Å². The first-order valence-corrected chi connectivity index (χ1v) is 2.55. The van der Waals surface area contributed by atoms with Crippen molar-refractivity contribution in [2.24, 2.45) is 0 Å². The molecule has 0 spiro atoms. The molecule has 0 aliphatic heterocycles. The van der Waals surface area contributed by atoms with E-state index in [0.29, 0.717) is 5.57 Å². The maximum absolute atomic E-state index is 9.88. The van der Waals surface area contributed by atoms with Gasteiger partial charge in [0.2, 0.25) is 0 Å². The number of carbonyl (C=O) groups excluding carboxylic acids is 1. The molecule has 1 heteroatoms. The van der Waals surface area contributed by atoms with Crippen LogP contribution in [0.5, 0.6) is 0 Å². The van der Waals surface area contributed by atoms with Gasteiger partial charge in [0.25, 0.3) is 0 Å². The lowest BCUT2D eigenvalue weighted by molar-refractivity contribution is -0.105. The highest BCUT2D eigenvalue weighted by Crippen LogP contribution is 1.97. The molecule has 0 bridgehead atoms. The number of rotatable bonds is 4. The van der Waals surface area contributed by atoms with E-state index in [1.165, 1.54) is 0 Å². The molecule has 0 atom stereocenters. The zero-order valence-corrected chi connectivity index (χ0v) is 4.89. The molecule has 0 heterocycles. The number of hydrogen-bond acceptors (Lipinski definition) is 1. The van der Waals surface area contributed by atoms with Gasteiger partial charge in [0, 0.05) is 0 Å². The molecule has 1 nitrogen and oxygen atoms in total. The summed E-state index contributed by atoms with van der Waals surface area (Å²) < 4.78 is 0. The standard InChI is InChI=1S/C7H10O/c1-3-4-5-7(2)6-8/h3,6H,1-2,4-5H2. The van der Waals surface area contributed by atoms with E-state index in [0.717, 1.165) is 19.1 Å². The second-order valence-electron chi connectivity index (χ2n) is 1.60. The summed E-state index contributed by atoms with van der Waals surface area (Å²) in [5.74, 6) is 0. The van der Waals surface area contributed by atoms with Crippen molar-refractivity contribution in [1.82, 2.24) is 0 Å². The summed E-state index contributed by atoms with van der Waals surface area (Å²) in [6.45, 7) is 7.00. The van der Waals surface area contributed by atoms with E-state index in [1.807, 2.05) is 0 Å². The van der Waals surface area contributed by atoms with Crippen molar-refractivity contribution in [2.75, 3.05) is 0 Å². The fourth-order valence-electron chi connectivity index (χ4n) is 0.346. The molecular formula is C7H10O. The zero-order valence-electron chi connectivity index (χ0n) is 4.89. The van der Waals surface area contributed by atoms with Crippen LogP contribution < -0.4 is 0 Å². The lowest BCUT2D eigenvalue weighted by atomic mass is 10.2. The highest BCUT2D eigenvalue weighted by atomic mass is 16.1. The normalized spacial score (nSPS) is 8.00. The van der Waals surface area contributed by atoms with Gasteiger partial charge in [-0.15, -0.1) is 6.58 Å². The Kier molecular flexibility index (Phi) is 3.85. The minimum atomic E-state index is 0.643. The van der Waals surface area contributed by atoms with Crippen LogP contribution in [0, 0.1) is 0 Å². The molecule has 0 unspecified atom stereocenters. The van der Waals surface area contributed by atoms with Gasteiger partial charge in [-0.2, -0.15) is 0 Å². The average molecular weight is 110 g/mol. The Bertz CT molecular complexity index is 103. The van der Waals surface area contributed by atoms with Crippen LogP contribution in [0.25, 0.3) is 0 Å². The summed E-state index contributed by atoms with van der Waals surface area (Å²) >= 11 is 0. The molecule has 0 rings (SSSR count). The molecule has 0 aliphatic carbocycles. The topological polar surface area (TPSA) is 17.1 Å². The molecule has 0 aromatic heterocycles. The second-order valence-corrected chi connectivity index (χ2v) is 1.60. The largest absolute Gasteiger partial charge is 0.298 e. The highest BCUT2D eigenvalue weighted by molar-refractivity contribution is 5.71. The lowest BCUT2D eigenvalue weighted by Crippen LogP contribution is -1.78. The Labute approximate surface area is 49.7 Å². The first-order chi connectivity index (χ1) is 3.81. The predicted octanol–water partition coefficient (Wildman–Crippen LogP) is 1.71. The highest BCUT2D eigenvalue weighted by Gasteiger charge is 1.85. The van der Waals surface area contributed by atoms with Crippen molar-refractivity contribution in [3.8, 4) is 0 Å². The van der Waals surface area contributed by atoms with Gasteiger partial charge in [-0.3, -0.25) is 4.79 Å². The van der Waals surface area contributed by atoms with Crippen LogP contribution in [0.1, 0.15) is 12.8 Å². The van der Waals surface area contributed by atoms with Gasteiger partial charge in [-0.1, -0.05) is 12.7 Å². The summed E-state index contributed by atoms with van der Waals surface area (Å²) in [4.78, 5) is 9.88. The fourth-order valence-corrected chi connectivity index (χ4v) is 0.346. The van der Waals surface area contributed by atoms with Crippen LogP contribution in [0.15, 0.2) is 24.8 Å². The number of hydrogen-bond donors (Lipinski definition) is 0. The molecule has 0 amide bonds. The van der Waals surface area contributed by atoms with Crippen molar-refractivity contribution < 1.29 is 4.79 Å². The van der Waals surface area contributed by atoms with E-state index in [1.54, 1.807) is 6.08 Å². The second kappa shape index (κ2) is 4.31. The molecule has 0 aromatic carbocycles. The third-order valence-corrected chi connectivity index (χ3v) is 0.836. The predicted molar refractivity (Wildman–Crippen MR) is 34.6 cm³/mol. The van der Waals surface area contributed by atoms with Crippen molar-refractivity contribution in [3.63, 3.8) is 0 Å². The summed E-state index contributed by atoms with van der Waals surface area (Å²) in [6.07, 6.45) is 4.14. The van der Waals surface area contributed by atoms with E-state index >= 15 is 0 Å². The Hall–Kier alpha value is -0.850. The van der Waals surface area contributed by atoms with Gasteiger partial charge < -0.3 is 0 Å². The maximum Gasteiger partial charge on any atom is 0.145 e. The molecule has 0 saturated heterocycles. The third-order valence-electron chi connectivity index (χ3n) is 0.836. The van der Waals surface area contributed by atoms with Gasteiger partial charge in [-0.25, -0.2) is 0 Å². The Morgan fingerprint density at radius 1 is 1.62 bits per heavy atom. The number of aldehydes is 1. The summed E-state index contributed by atoms with van der Waals surface area (Å²) in [5.41, 5.74) is 0.643. The summed E-state index contributed by atoms with van der Waals surface area (Å²) in [6, 6.07) is 0. The van der Waals surface area contributed by atoms with Crippen molar-refractivity contribution in [2.45, 2.75) is 12.8 Å². The first kappa shape index (κ1) is 7.15. The number of carbonyl (C=O) groups is 1. The van der Waals surface area contributed by atoms with Crippen LogP contribution >= 0.6 is 0 Å². The van der Waals surface area contributed by atoms with Crippen molar-refractivity contribution in [3.05, 3.63) is 24.8 Å². The molecule has 0 radical (unpaired) electrons. The van der Waals surface area contributed by atoms with Crippen molar-refractivity contribution >= 4 is 6.29 Å². The Morgan fingerprint density at radius 2 is 2.25 bits per heavy atom. The lowest BCUT2D eigenvalue weighted by Gasteiger charge is -1.88. The fraction of sp³-hybridized carbons (Fsp3) is 0.286. The zero-order chi connectivity index (χ0) is 6.41. The molecule has 0 fully saturated rings. The Balaban J connectivity index is 3.24. The third kappa shape index (κ3) is 3.34. The average Bonchev–Trinajstić information content (AvgIpc) is 1.83. The minimum Gasteiger partial charge on any atom is -0.298 e. The summed E-state index contributed by atoms with van der Waals surface area (Å²) in [7, 11) is 0. The SMILES string of the molecule is C=CCCC(=C)C=O.